The number of carbonyl (C=O) groups is 1. The maximum Gasteiger partial charge on any atom is 0.229 e. The van der Waals surface area contributed by atoms with E-state index in [1.54, 1.807) is 0 Å². The summed E-state index contributed by atoms with van der Waals surface area (Å²) in [4.78, 5) is 16.0. The Morgan fingerprint density at radius 3 is 2.14 bits per heavy atom. The molecule has 0 aromatic carbocycles. The van der Waals surface area contributed by atoms with E-state index in [1.807, 2.05) is 0 Å². The van der Waals surface area contributed by atoms with Crippen LogP contribution in [0.15, 0.2) is 0 Å². The summed E-state index contributed by atoms with van der Waals surface area (Å²) >= 11 is 0. The lowest BCUT2D eigenvalue weighted by Crippen LogP contribution is -2.55. The minimum absolute atomic E-state index is 0.0932. The van der Waals surface area contributed by atoms with Gasteiger partial charge >= 0.3 is 0 Å². The molecule has 6 rings (SSSR count). The third-order valence-electron chi connectivity index (χ3n) is 8.01. The Bertz CT molecular complexity index is 435. The van der Waals surface area contributed by atoms with Crippen LogP contribution in [0.1, 0.15) is 77.0 Å². The van der Waals surface area contributed by atoms with Crippen molar-refractivity contribution in [3.8, 4) is 0 Å². The first kappa shape index (κ1) is 13.9. The Hall–Kier alpha value is -0.530. The van der Waals surface area contributed by atoms with Crippen LogP contribution in [0, 0.1) is 29.1 Å². The molecule has 6 fully saturated rings. The topological polar surface area (TPSA) is 20.3 Å². The Morgan fingerprint density at radius 1 is 0.818 bits per heavy atom. The number of fused-ring (bicyclic) bond motifs is 1. The molecule has 5 aliphatic carbocycles. The predicted molar refractivity (Wildman–Crippen MR) is 87.3 cm³/mol. The van der Waals surface area contributed by atoms with Crippen LogP contribution in [0.25, 0.3) is 0 Å². The highest BCUT2D eigenvalue weighted by molar-refractivity contribution is 5.84. The highest BCUT2D eigenvalue weighted by atomic mass is 16.2. The van der Waals surface area contributed by atoms with E-state index in [0.29, 0.717) is 11.9 Å². The Balaban J connectivity index is 1.40. The van der Waals surface area contributed by atoms with Gasteiger partial charge in [-0.15, -0.1) is 0 Å². The van der Waals surface area contributed by atoms with Crippen LogP contribution in [0.4, 0.5) is 0 Å². The molecule has 1 heterocycles. The van der Waals surface area contributed by atoms with Crippen molar-refractivity contribution < 1.29 is 4.79 Å². The average Bonchev–Trinajstić information content (AvgIpc) is 2.73. The fourth-order valence-electron chi connectivity index (χ4n) is 7.51. The average molecular weight is 301 g/mol. The fourth-order valence-corrected chi connectivity index (χ4v) is 7.51. The van der Waals surface area contributed by atoms with E-state index in [0.717, 1.165) is 30.2 Å². The van der Waals surface area contributed by atoms with Crippen molar-refractivity contribution in [3.05, 3.63) is 0 Å². The van der Waals surface area contributed by atoms with E-state index in [2.05, 4.69) is 4.90 Å². The monoisotopic (exact) mass is 301 g/mol. The van der Waals surface area contributed by atoms with E-state index >= 15 is 0 Å². The van der Waals surface area contributed by atoms with Crippen molar-refractivity contribution in [2.45, 2.75) is 83.1 Å². The third-order valence-corrected chi connectivity index (χ3v) is 8.01. The second-order valence-electron chi connectivity index (χ2n) is 9.45. The molecule has 0 aromatic heterocycles. The van der Waals surface area contributed by atoms with Gasteiger partial charge < -0.3 is 4.90 Å². The molecule has 1 saturated heterocycles. The van der Waals surface area contributed by atoms with E-state index in [9.17, 15) is 4.79 Å². The fraction of sp³-hybridized carbons (Fsp3) is 0.950. The number of nitrogens with zero attached hydrogens (tertiary/aromatic N) is 1. The summed E-state index contributed by atoms with van der Waals surface area (Å²) in [7, 11) is 0. The Kier molecular flexibility index (Phi) is 3.14. The SMILES string of the molecule is O=C(N1CC[C@@H]2CCCCC[C@@H]21)C12CC3CC(CC(C3)C1)C2. The number of amides is 1. The van der Waals surface area contributed by atoms with Gasteiger partial charge in [0.05, 0.1) is 5.41 Å². The highest BCUT2D eigenvalue weighted by Gasteiger charge is 2.56. The molecule has 1 amide bonds. The molecule has 122 valence electrons. The molecular weight excluding hydrogens is 270 g/mol. The van der Waals surface area contributed by atoms with Crippen LogP contribution in [0.5, 0.6) is 0 Å². The quantitative estimate of drug-likeness (QED) is 0.703. The van der Waals surface area contributed by atoms with E-state index in [1.165, 1.54) is 77.0 Å². The molecule has 0 spiro atoms. The zero-order chi connectivity index (χ0) is 14.7. The second kappa shape index (κ2) is 4.98. The van der Waals surface area contributed by atoms with Crippen LogP contribution < -0.4 is 0 Å². The molecule has 0 radical (unpaired) electrons. The van der Waals surface area contributed by atoms with Crippen molar-refractivity contribution in [2.24, 2.45) is 29.1 Å². The van der Waals surface area contributed by atoms with Crippen LogP contribution in [0.2, 0.25) is 0 Å². The van der Waals surface area contributed by atoms with Crippen molar-refractivity contribution >= 4 is 5.91 Å². The van der Waals surface area contributed by atoms with Gasteiger partial charge in [0.15, 0.2) is 0 Å². The van der Waals surface area contributed by atoms with Gasteiger partial charge in [-0.25, -0.2) is 0 Å². The molecule has 0 unspecified atom stereocenters. The third kappa shape index (κ3) is 2.01. The molecule has 2 heteroatoms. The summed E-state index contributed by atoms with van der Waals surface area (Å²) in [6.45, 7) is 1.08. The van der Waals surface area contributed by atoms with Crippen molar-refractivity contribution in [2.75, 3.05) is 6.54 Å². The van der Waals surface area contributed by atoms with Gasteiger partial charge in [0.2, 0.25) is 5.91 Å². The number of hydrogen-bond acceptors (Lipinski definition) is 1. The number of likely N-dealkylation sites (tertiary alicyclic amines) is 1. The smallest absolute Gasteiger partial charge is 0.229 e. The largest absolute Gasteiger partial charge is 0.339 e. The van der Waals surface area contributed by atoms with Crippen molar-refractivity contribution in [3.63, 3.8) is 0 Å². The first-order valence-corrected chi connectivity index (χ1v) is 10.0. The van der Waals surface area contributed by atoms with Crippen LogP contribution >= 0.6 is 0 Å². The lowest BCUT2D eigenvalue weighted by molar-refractivity contribution is -0.159. The lowest BCUT2D eigenvalue weighted by atomic mass is 9.49. The normalized spacial score (nSPS) is 50.0. The van der Waals surface area contributed by atoms with Gasteiger partial charge in [-0.2, -0.15) is 0 Å². The highest BCUT2D eigenvalue weighted by Crippen LogP contribution is 2.61. The molecular formula is C20H31NO. The molecule has 22 heavy (non-hydrogen) atoms. The molecule has 1 aliphatic heterocycles. The minimum Gasteiger partial charge on any atom is -0.339 e. The zero-order valence-electron chi connectivity index (χ0n) is 13.9. The van der Waals surface area contributed by atoms with Crippen LogP contribution in [-0.4, -0.2) is 23.4 Å². The summed E-state index contributed by atoms with van der Waals surface area (Å²) in [6, 6.07) is 0.614. The van der Waals surface area contributed by atoms with Gasteiger partial charge in [-0.3, -0.25) is 4.79 Å². The van der Waals surface area contributed by atoms with E-state index in [-0.39, 0.29) is 5.41 Å². The van der Waals surface area contributed by atoms with E-state index < -0.39 is 0 Å². The molecule has 5 saturated carbocycles. The summed E-state index contributed by atoms with van der Waals surface area (Å²) in [5, 5.41) is 0. The maximum absolute atomic E-state index is 13.6. The molecule has 0 aromatic rings. The van der Waals surface area contributed by atoms with Crippen LogP contribution in [0.3, 0.4) is 0 Å². The molecule has 2 atom stereocenters. The maximum atomic E-state index is 13.6. The molecule has 2 nitrogen and oxygen atoms in total. The van der Waals surface area contributed by atoms with Gasteiger partial charge in [-0.05, 0) is 81.5 Å². The summed E-state index contributed by atoms with van der Waals surface area (Å²) in [5.74, 6) is 4.12. The predicted octanol–water partition coefficient (Wildman–Crippen LogP) is 4.38. The minimum atomic E-state index is 0.0932. The van der Waals surface area contributed by atoms with Gasteiger partial charge in [0.25, 0.3) is 0 Å². The first-order chi connectivity index (χ1) is 10.7. The Labute approximate surface area is 135 Å². The Morgan fingerprint density at radius 2 is 1.45 bits per heavy atom. The number of carbonyl (C=O) groups excluding carboxylic acids is 1. The molecule has 0 N–H and O–H groups in total. The van der Waals surface area contributed by atoms with Crippen molar-refractivity contribution in [1.29, 1.82) is 0 Å². The molecule has 6 aliphatic rings. The van der Waals surface area contributed by atoms with Crippen molar-refractivity contribution in [1.82, 2.24) is 4.90 Å². The molecule has 4 bridgehead atoms. The number of hydrogen-bond donors (Lipinski definition) is 0. The van der Waals surface area contributed by atoms with Gasteiger partial charge in [-0.1, -0.05) is 19.3 Å². The number of rotatable bonds is 1. The lowest BCUT2D eigenvalue weighted by Gasteiger charge is -2.56. The second-order valence-corrected chi connectivity index (χ2v) is 9.45. The van der Waals surface area contributed by atoms with Gasteiger partial charge in [0.1, 0.15) is 0 Å². The van der Waals surface area contributed by atoms with Crippen LogP contribution in [-0.2, 0) is 4.79 Å². The first-order valence-electron chi connectivity index (χ1n) is 10.0. The van der Waals surface area contributed by atoms with Gasteiger partial charge in [0, 0.05) is 12.6 Å². The summed E-state index contributed by atoms with van der Waals surface area (Å²) in [5.41, 5.74) is 0.0932. The summed E-state index contributed by atoms with van der Waals surface area (Å²) in [6.07, 6.45) is 16.2. The standard InChI is InChI=1S/C20H31NO/c22-19(21-7-6-17-4-2-1-3-5-18(17)21)20-11-14-8-15(12-20)10-16(9-14)13-20/h14-18H,1-13H2/t14?,15?,16?,17-,18-,20?/m0/s1. The zero-order valence-corrected chi connectivity index (χ0v) is 13.9. The van der Waals surface area contributed by atoms with E-state index in [4.69, 9.17) is 0 Å². The summed E-state index contributed by atoms with van der Waals surface area (Å²) < 4.78 is 0.